The van der Waals surface area contributed by atoms with Gasteiger partial charge in [0.05, 0.1) is 17.8 Å². The molecule has 0 bridgehead atoms. The van der Waals surface area contributed by atoms with Gasteiger partial charge in [0.1, 0.15) is 4.88 Å². The summed E-state index contributed by atoms with van der Waals surface area (Å²) in [6.45, 7) is 3.71. The van der Waals surface area contributed by atoms with Crippen molar-refractivity contribution in [3.63, 3.8) is 0 Å². The van der Waals surface area contributed by atoms with E-state index in [1.807, 2.05) is 20.0 Å². The topological polar surface area (TPSA) is 60.7 Å². The predicted octanol–water partition coefficient (Wildman–Crippen LogP) is 1.31. The monoisotopic (exact) mass is 236 g/mol. The van der Waals surface area contributed by atoms with Gasteiger partial charge in [0.25, 0.3) is 0 Å². The first-order valence-electron chi connectivity index (χ1n) is 4.89. The molecular weight excluding hydrogens is 224 g/mol. The van der Waals surface area contributed by atoms with Crippen molar-refractivity contribution in [1.29, 1.82) is 0 Å². The van der Waals surface area contributed by atoms with Crippen molar-refractivity contribution in [3.8, 4) is 0 Å². The van der Waals surface area contributed by atoms with Crippen LogP contribution < -0.4 is 0 Å². The molecule has 5 nitrogen and oxygen atoms in total. The molecule has 0 aliphatic carbocycles. The molecule has 16 heavy (non-hydrogen) atoms. The summed E-state index contributed by atoms with van der Waals surface area (Å²) < 4.78 is 5.49. The van der Waals surface area contributed by atoms with Crippen molar-refractivity contribution in [3.05, 3.63) is 28.0 Å². The summed E-state index contributed by atoms with van der Waals surface area (Å²) in [6, 6.07) is 1.92. The predicted molar refractivity (Wildman–Crippen MR) is 60.6 cm³/mol. The van der Waals surface area contributed by atoms with E-state index in [0.29, 0.717) is 17.0 Å². The molecule has 0 atom stereocenters. The van der Waals surface area contributed by atoms with Gasteiger partial charge in [-0.2, -0.15) is 5.10 Å². The number of hydrogen-bond acceptors (Lipinski definition) is 5. The van der Waals surface area contributed by atoms with Crippen LogP contribution in [0, 0.1) is 13.8 Å². The molecule has 0 aliphatic rings. The highest BCUT2D eigenvalue weighted by Crippen LogP contribution is 2.13. The summed E-state index contributed by atoms with van der Waals surface area (Å²) in [5.74, 6) is 0.0514. The van der Waals surface area contributed by atoms with E-state index >= 15 is 0 Å². The summed E-state index contributed by atoms with van der Waals surface area (Å²) in [7, 11) is 1.84. The van der Waals surface area contributed by atoms with Crippen LogP contribution in [0.15, 0.2) is 6.07 Å². The molecule has 0 aromatic carbocycles. The highest BCUT2D eigenvalue weighted by Gasteiger charge is 2.15. The van der Waals surface area contributed by atoms with Gasteiger partial charge in [-0.05, 0) is 31.4 Å². The minimum absolute atomic E-state index is 0.0514. The van der Waals surface area contributed by atoms with Crippen molar-refractivity contribution in [2.45, 2.75) is 20.3 Å². The van der Waals surface area contributed by atoms with Crippen LogP contribution in [-0.2, 0) is 13.5 Å². The smallest absolute Gasteiger partial charge is 0.182 e. The second kappa shape index (κ2) is 4.13. The van der Waals surface area contributed by atoms with E-state index in [0.717, 1.165) is 22.9 Å². The van der Waals surface area contributed by atoms with Crippen molar-refractivity contribution in [2.24, 2.45) is 7.05 Å². The van der Waals surface area contributed by atoms with Gasteiger partial charge in [0.2, 0.25) is 0 Å². The fourth-order valence-corrected chi connectivity index (χ4v) is 2.15. The molecule has 84 valence electrons. The van der Waals surface area contributed by atoms with E-state index in [9.17, 15) is 4.79 Å². The first-order chi connectivity index (χ1) is 7.58. The molecule has 0 amide bonds. The number of hydrogen-bond donors (Lipinski definition) is 0. The van der Waals surface area contributed by atoms with E-state index < -0.39 is 0 Å². The molecule has 6 heteroatoms. The van der Waals surface area contributed by atoms with Crippen LogP contribution >= 0.6 is 11.5 Å². The Hall–Kier alpha value is -1.56. The van der Waals surface area contributed by atoms with Crippen molar-refractivity contribution in [2.75, 3.05) is 0 Å². The van der Waals surface area contributed by atoms with Gasteiger partial charge in [0.15, 0.2) is 5.78 Å². The number of aromatic nitrogens is 4. The fourth-order valence-electron chi connectivity index (χ4n) is 1.56. The van der Waals surface area contributed by atoms with Crippen LogP contribution in [0.25, 0.3) is 0 Å². The lowest BCUT2D eigenvalue weighted by Crippen LogP contribution is -2.07. The molecule has 2 aromatic heterocycles. The Balaban J connectivity index is 2.20. The van der Waals surface area contributed by atoms with E-state index in [1.165, 1.54) is 0 Å². The maximum Gasteiger partial charge on any atom is 0.182 e. The molecule has 2 aromatic rings. The minimum atomic E-state index is 0.0514. The van der Waals surface area contributed by atoms with Crippen molar-refractivity contribution >= 4 is 17.3 Å². The molecule has 0 aliphatic heterocycles. The normalized spacial score (nSPS) is 10.7. The molecular formula is C10H12N4OS. The first kappa shape index (κ1) is 10.9. The molecule has 0 radical (unpaired) electrons. The van der Waals surface area contributed by atoms with Crippen LogP contribution in [0.5, 0.6) is 0 Å². The molecule has 0 fully saturated rings. The lowest BCUT2D eigenvalue weighted by atomic mass is 10.1. The van der Waals surface area contributed by atoms with Crippen LogP contribution in [0.4, 0.5) is 0 Å². The number of aryl methyl sites for hydroxylation is 3. The molecule has 0 saturated carbocycles. The standard InChI is InChI=1S/C10H12N4OS/c1-6-4-8(14(3)12-6)5-9(15)10-7(2)11-13-16-10/h4H,5H2,1-3H3. The van der Waals surface area contributed by atoms with Crippen molar-refractivity contribution in [1.82, 2.24) is 19.4 Å². The number of Topliss-reactive ketones (excluding diaryl/α,β-unsaturated/α-hetero) is 1. The summed E-state index contributed by atoms with van der Waals surface area (Å²) in [5.41, 5.74) is 2.54. The number of rotatable bonds is 3. The second-order valence-corrected chi connectivity index (χ2v) is 4.44. The largest absolute Gasteiger partial charge is 0.293 e. The molecule has 2 heterocycles. The number of carbonyl (C=O) groups is 1. The van der Waals surface area contributed by atoms with Crippen LogP contribution in [0.3, 0.4) is 0 Å². The zero-order chi connectivity index (χ0) is 11.7. The van der Waals surface area contributed by atoms with Crippen molar-refractivity contribution < 1.29 is 4.79 Å². The molecule has 0 spiro atoms. The zero-order valence-corrected chi connectivity index (χ0v) is 10.2. The third-order valence-corrected chi connectivity index (χ3v) is 3.21. The molecule has 0 saturated heterocycles. The van der Waals surface area contributed by atoms with Crippen LogP contribution in [-0.4, -0.2) is 25.2 Å². The lowest BCUT2D eigenvalue weighted by molar-refractivity contribution is 0.0994. The average Bonchev–Trinajstić information content (AvgIpc) is 2.74. The van der Waals surface area contributed by atoms with Gasteiger partial charge in [-0.3, -0.25) is 9.48 Å². The van der Waals surface area contributed by atoms with E-state index in [4.69, 9.17) is 0 Å². The Labute approximate surface area is 97.3 Å². The highest BCUT2D eigenvalue weighted by atomic mass is 32.1. The van der Waals surface area contributed by atoms with Gasteiger partial charge in [0, 0.05) is 12.7 Å². The number of nitrogens with zero attached hydrogens (tertiary/aromatic N) is 4. The van der Waals surface area contributed by atoms with Crippen LogP contribution in [0.1, 0.15) is 26.8 Å². The Kier molecular flexibility index (Phi) is 2.82. The van der Waals surface area contributed by atoms with Gasteiger partial charge < -0.3 is 0 Å². The Morgan fingerprint density at radius 2 is 2.25 bits per heavy atom. The van der Waals surface area contributed by atoms with Gasteiger partial charge in [-0.25, -0.2) is 0 Å². The number of carbonyl (C=O) groups excluding carboxylic acids is 1. The summed E-state index contributed by atoms with van der Waals surface area (Å²) in [4.78, 5) is 12.6. The quantitative estimate of drug-likeness (QED) is 0.754. The summed E-state index contributed by atoms with van der Waals surface area (Å²) >= 11 is 1.15. The van der Waals surface area contributed by atoms with E-state index in [-0.39, 0.29) is 5.78 Å². The molecule has 0 unspecified atom stereocenters. The Morgan fingerprint density at radius 3 is 2.75 bits per heavy atom. The van der Waals surface area contributed by atoms with Gasteiger partial charge in [-0.1, -0.05) is 4.49 Å². The zero-order valence-electron chi connectivity index (χ0n) is 9.39. The Morgan fingerprint density at radius 1 is 1.50 bits per heavy atom. The average molecular weight is 236 g/mol. The number of ketones is 1. The van der Waals surface area contributed by atoms with Gasteiger partial charge >= 0.3 is 0 Å². The molecule has 0 N–H and O–H groups in total. The third kappa shape index (κ3) is 2.01. The lowest BCUT2D eigenvalue weighted by Gasteiger charge is -1.99. The maximum absolute atomic E-state index is 11.9. The third-order valence-electron chi connectivity index (χ3n) is 2.35. The van der Waals surface area contributed by atoms with Crippen LogP contribution in [0.2, 0.25) is 0 Å². The Bertz CT molecular complexity index is 529. The SMILES string of the molecule is Cc1cc(CC(=O)c2snnc2C)n(C)n1. The second-order valence-electron chi connectivity index (χ2n) is 3.69. The fraction of sp³-hybridized carbons (Fsp3) is 0.400. The van der Waals surface area contributed by atoms with E-state index in [1.54, 1.807) is 11.6 Å². The highest BCUT2D eigenvalue weighted by molar-refractivity contribution is 7.08. The first-order valence-corrected chi connectivity index (χ1v) is 5.67. The van der Waals surface area contributed by atoms with Gasteiger partial charge in [-0.15, -0.1) is 5.10 Å². The summed E-state index contributed by atoms with van der Waals surface area (Å²) in [5, 5.41) is 8.04. The minimum Gasteiger partial charge on any atom is -0.293 e. The maximum atomic E-state index is 11.9. The summed E-state index contributed by atoms with van der Waals surface area (Å²) in [6.07, 6.45) is 0.349. The molecule has 2 rings (SSSR count). The van der Waals surface area contributed by atoms with E-state index in [2.05, 4.69) is 14.7 Å².